The van der Waals surface area contributed by atoms with Crippen molar-refractivity contribution in [3.8, 4) is 0 Å². The molecule has 0 spiro atoms. The van der Waals surface area contributed by atoms with Gasteiger partial charge in [-0.3, -0.25) is 4.79 Å². The molecule has 148 valence electrons. The lowest BCUT2D eigenvalue weighted by Crippen LogP contribution is -2.40. The summed E-state index contributed by atoms with van der Waals surface area (Å²) < 4.78 is 41.2. The van der Waals surface area contributed by atoms with Gasteiger partial charge in [-0.1, -0.05) is 6.42 Å². The molecule has 1 aliphatic carbocycles. The monoisotopic (exact) mass is 407 g/mol. The molecule has 0 aliphatic heterocycles. The highest BCUT2D eigenvalue weighted by atomic mass is 35.5. The number of benzene rings is 1. The van der Waals surface area contributed by atoms with E-state index in [4.69, 9.17) is 5.73 Å². The summed E-state index contributed by atoms with van der Waals surface area (Å²) in [6.45, 7) is 5.00. The van der Waals surface area contributed by atoms with Crippen LogP contribution in [-0.4, -0.2) is 25.9 Å². The summed E-state index contributed by atoms with van der Waals surface area (Å²) in [5.41, 5.74) is 5.40. The van der Waals surface area contributed by atoms with E-state index in [1.165, 1.54) is 6.07 Å². The lowest BCUT2D eigenvalue weighted by atomic mass is 9.85. The van der Waals surface area contributed by atoms with Crippen LogP contribution in [0.25, 0.3) is 0 Å². The van der Waals surface area contributed by atoms with Gasteiger partial charge in [0.15, 0.2) is 0 Å². The van der Waals surface area contributed by atoms with Crippen molar-refractivity contribution in [3.63, 3.8) is 0 Å². The van der Waals surface area contributed by atoms with Crippen molar-refractivity contribution in [2.45, 2.75) is 62.9 Å². The zero-order valence-corrected chi connectivity index (χ0v) is 16.8. The average molecular weight is 408 g/mol. The second kappa shape index (κ2) is 8.65. The summed E-state index contributed by atoms with van der Waals surface area (Å²) >= 11 is 0. The molecule has 1 amide bonds. The van der Waals surface area contributed by atoms with Crippen molar-refractivity contribution in [1.82, 2.24) is 4.72 Å². The molecule has 2 unspecified atom stereocenters. The number of rotatable bonds is 4. The molecule has 1 aromatic rings. The second-order valence-electron chi connectivity index (χ2n) is 7.61. The fraction of sp³-hybridized carbons (Fsp3) is 0.588. The van der Waals surface area contributed by atoms with E-state index in [0.29, 0.717) is 6.42 Å². The molecule has 1 aliphatic rings. The molecule has 0 aromatic heterocycles. The van der Waals surface area contributed by atoms with E-state index >= 15 is 0 Å². The summed E-state index contributed by atoms with van der Waals surface area (Å²) in [6.07, 6.45) is 3.14. The van der Waals surface area contributed by atoms with Crippen LogP contribution in [0.2, 0.25) is 0 Å². The van der Waals surface area contributed by atoms with Gasteiger partial charge in [0.05, 0.1) is 0 Å². The highest BCUT2D eigenvalue weighted by molar-refractivity contribution is 7.89. The topological polar surface area (TPSA) is 101 Å². The fourth-order valence-electron chi connectivity index (χ4n) is 2.96. The van der Waals surface area contributed by atoms with Crippen LogP contribution in [0.4, 0.5) is 10.1 Å². The number of hydrogen-bond acceptors (Lipinski definition) is 4. The van der Waals surface area contributed by atoms with Crippen LogP contribution in [-0.2, 0) is 14.8 Å². The number of carbonyl (C=O) groups excluding carboxylic acids is 1. The number of hydrogen-bond donors (Lipinski definition) is 3. The maximum absolute atomic E-state index is 14.0. The van der Waals surface area contributed by atoms with E-state index in [-0.39, 0.29) is 36.0 Å². The molecule has 0 saturated heterocycles. The Morgan fingerprint density at radius 1 is 1.27 bits per heavy atom. The maximum atomic E-state index is 14.0. The third kappa shape index (κ3) is 6.19. The summed E-state index contributed by atoms with van der Waals surface area (Å²) in [4.78, 5) is 11.9. The van der Waals surface area contributed by atoms with Gasteiger partial charge in [0.2, 0.25) is 15.9 Å². The molecule has 2 atom stereocenters. The van der Waals surface area contributed by atoms with Crippen LogP contribution in [0.5, 0.6) is 0 Å². The van der Waals surface area contributed by atoms with Crippen LogP contribution >= 0.6 is 12.4 Å². The molecule has 9 heteroatoms. The number of carbonyl (C=O) groups is 1. The Hall–Kier alpha value is -1.22. The Labute approximate surface area is 160 Å². The molecule has 26 heavy (non-hydrogen) atoms. The van der Waals surface area contributed by atoms with E-state index < -0.39 is 26.3 Å². The standard InChI is InChI=1S/C17H26FN3O3S.ClH/c1-17(2,3)21-25(23,24)15-10-13(7-8-14(15)18)20-16(22)11-5-4-6-12(19)9-11;/h7-8,10-12,21H,4-6,9,19H2,1-3H3,(H,20,22);1H. The van der Waals surface area contributed by atoms with Crippen LogP contribution in [0.1, 0.15) is 46.5 Å². The zero-order chi connectivity index (χ0) is 18.8. The SMILES string of the molecule is CC(C)(C)NS(=O)(=O)c1cc(NC(=O)C2CCCC(N)C2)ccc1F.Cl. The minimum atomic E-state index is -4.04. The molecular formula is C17H27ClFN3O3S. The van der Waals surface area contributed by atoms with Gasteiger partial charge in [-0.25, -0.2) is 17.5 Å². The Kier molecular flexibility index (Phi) is 7.59. The summed E-state index contributed by atoms with van der Waals surface area (Å²) in [5.74, 6) is -1.29. The third-order valence-corrected chi connectivity index (χ3v) is 5.79. The average Bonchev–Trinajstić information content (AvgIpc) is 2.46. The highest BCUT2D eigenvalue weighted by Gasteiger charge is 2.27. The number of halogens is 2. The Morgan fingerprint density at radius 2 is 1.92 bits per heavy atom. The normalized spacial score (nSPS) is 21.0. The van der Waals surface area contributed by atoms with Gasteiger partial charge in [0.25, 0.3) is 0 Å². The first kappa shape index (κ1) is 22.8. The molecule has 1 fully saturated rings. The minimum Gasteiger partial charge on any atom is -0.328 e. The van der Waals surface area contributed by atoms with Crippen molar-refractivity contribution < 1.29 is 17.6 Å². The predicted octanol–water partition coefficient (Wildman–Crippen LogP) is 2.78. The smallest absolute Gasteiger partial charge is 0.244 e. The number of sulfonamides is 1. The predicted molar refractivity (Wildman–Crippen MR) is 102 cm³/mol. The van der Waals surface area contributed by atoms with Gasteiger partial charge in [0.1, 0.15) is 10.7 Å². The van der Waals surface area contributed by atoms with E-state index in [9.17, 15) is 17.6 Å². The highest BCUT2D eigenvalue weighted by Crippen LogP contribution is 2.26. The first-order valence-corrected chi connectivity index (χ1v) is 9.86. The van der Waals surface area contributed by atoms with Gasteiger partial charge < -0.3 is 11.1 Å². The quantitative estimate of drug-likeness (QED) is 0.714. The molecular weight excluding hydrogens is 381 g/mol. The molecule has 0 heterocycles. The van der Waals surface area contributed by atoms with Crippen molar-refractivity contribution in [1.29, 1.82) is 0 Å². The molecule has 1 aromatic carbocycles. The van der Waals surface area contributed by atoms with Gasteiger partial charge in [-0.2, -0.15) is 0 Å². The minimum absolute atomic E-state index is 0. The van der Waals surface area contributed by atoms with Crippen LogP contribution < -0.4 is 15.8 Å². The molecule has 1 saturated carbocycles. The largest absolute Gasteiger partial charge is 0.328 e. The van der Waals surface area contributed by atoms with Crippen molar-refractivity contribution >= 4 is 34.0 Å². The van der Waals surface area contributed by atoms with Crippen LogP contribution in [0.15, 0.2) is 23.1 Å². The van der Waals surface area contributed by atoms with E-state index in [1.54, 1.807) is 20.8 Å². The van der Waals surface area contributed by atoms with Gasteiger partial charge in [-0.05, 0) is 58.2 Å². The lowest BCUT2D eigenvalue weighted by Gasteiger charge is -2.25. The van der Waals surface area contributed by atoms with Gasteiger partial charge in [-0.15, -0.1) is 12.4 Å². The number of amides is 1. The summed E-state index contributed by atoms with van der Waals surface area (Å²) in [7, 11) is -4.04. The third-order valence-electron chi connectivity index (χ3n) is 4.01. The number of anilines is 1. The van der Waals surface area contributed by atoms with E-state index in [0.717, 1.165) is 31.4 Å². The van der Waals surface area contributed by atoms with Crippen molar-refractivity contribution in [3.05, 3.63) is 24.0 Å². The van der Waals surface area contributed by atoms with Crippen molar-refractivity contribution in [2.75, 3.05) is 5.32 Å². The zero-order valence-electron chi connectivity index (χ0n) is 15.2. The maximum Gasteiger partial charge on any atom is 0.244 e. The Morgan fingerprint density at radius 3 is 2.50 bits per heavy atom. The summed E-state index contributed by atoms with van der Waals surface area (Å²) in [6, 6.07) is 3.54. The molecule has 0 bridgehead atoms. The number of nitrogens with one attached hydrogen (secondary N) is 2. The summed E-state index contributed by atoms with van der Waals surface area (Å²) in [5, 5.41) is 2.68. The van der Waals surface area contributed by atoms with E-state index in [1.807, 2.05) is 0 Å². The number of nitrogens with two attached hydrogens (primary N) is 1. The first-order chi connectivity index (χ1) is 11.5. The van der Waals surface area contributed by atoms with Gasteiger partial charge >= 0.3 is 0 Å². The fourth-order valence-corrected chi connectivity index (χ4v) is 4.48. The van der Waals surface area contributed by atoms with E-state index in [2.05, 4.69) is 10.0 Å². The van der Waals surface area contributed by atoms with Crippen molar-refractivity contribution in [2.24, 2.45) is 11.7 Å². The molecule has 0 radical (unpaired) electrons. The second-order valence-corrected chi connectivity index (χ2v) is 9.26. The van der Waals surface area contributed by atoms with Crippen LogP contribution in [0.3, 0.4) is 0 Å². The lowest BCUT2D eigenvalue weighted by molar-refractivity contribution is -0.120. The Balaban J connectivity index is 0.00000338. The molecule has 4 N–H and O–H groups in total. The van der Waals surface area contributed by atoms with Crippen LogP contribution in [0, 0.1) is 11.7 Å². The molecule has 6 nitrogen and oxygen atoms in total. The first-order valence-electron chi connectivity index (χ1n) is 8.38. The Bertz CT molecular complexity index is 750. The molecule has 2 rings (SSSR count). The van der Waals surface area contributed by atoms with Gasteiger partial charge in [0, 0.05) is 23.2 Å².